The summed E-state index contributed by atoms with van der Waals surface area (Å²) in [6.45, 7) is 1.64. The van der Waals surface area contributed by atoms with Gasteiger partial charge in [-0.3, -0.25) is 9.59 Å². The van der Waals surface area contributed by atoms with Crippen molar-refractivity contribution < 1.29 is 14.0 Å². The number of nitrogens with one attached hydrogen (secondary N) is 1. The third-order valence-corrected chi connectivity index (χ3v) is 3.97. The Morgan fingerprint density at radius 3 is 2.58 bits per heavy atom. The zero-order chi connectivity index (χ0) is 17.5. The first-order valence-electron chi connectivity index (χ1n) is 7.51. The van der Waals surface area contributed by atoms with Crippen molar-refractivity contribution in [2.75, 3.05) is 18.0 Å². The van der Waals surface area contributed by atoms with Crippen LogP contribution in [0.3, 0.4) is 0 Å². The van der Waals surface area contributed by atoms with E-state index in [-0.39, 0.29) is 24.2 Å². The van der Waals surface area contributed by atoms with Crippen LogP contribution < -0.4 is 10.2 Å². The van der Waals surface area contributed by atoms with Crippen LogP contribution in [-0.4, -0.2) is 24.9 Å². The van der Waals surface area contributed by atoms with E-state index in [2.05, 4.69) is 21.2 Å². The summed E-state index contributed by atoms with van der Waals surface area (Å²) in [5, 5.41) is 2.72. The normalized spacial score (nSPS) is 10.3. The largest absolute Gasteiger partial charge is 0.354 e. The van der Waals surface area contributed by atoms with Crippen LogP contribution in [0.1, 0.15) is 12.5 Å². The number of nitrogens with zero attached hydrogens (tertiary/aromatic N) is 1. The van der Waals surface area contributed by atoms with E-state index in [1.165, 1.54) is 17.9 Å². The van der Waals surface area contributed by atoms with Crippen LogP contribution in [0.15, 0.2) is 53.0 Å². The molecule has 0 aliphatic rings. The fourth-order valence-electron chi connectivity index (χ4n) is 2.27. The van der Waals surface area contributed by atoms with E-state index in [0.29, 0.717) is 24.2 Å². The molecule has 0 saturated heterocycles. The molecule has 0 aliphatic heterocycles. The maximum atomic E-state index is 13.5. The average Bonchev–Trinajstić information content (AvgIpc) is 2.54. The quantitative estimate of drug-likeness (QED) is 0.819. The molecule has 2 rings (SSSR count). The molecule has 0 atom stereocenters. The number of anilines is 1. The molecule has 0 heterocycles. The van der Waals surface area contributed by atoms with Gasteiger partial charge in [-0.2, -0.15) is 0 Å². The molecule has 0 fully saturated rings. The van der Waals surface area contributed by atoms with E-state index in [1.54, 1.807) is 36.4 Å². The number of hydrogen-bond donors (Lipinski definition) is 1. The second-order valence-electron chi connectivity index (χ2n) is 5.28. The Morgan fingerprint density at radius 1 is 1.17 bits per heavy atom. The van der Waals surface area contributed by atoms with Crippen LogP contribution in [0, 0.1) is 5.82 Å². The first-order valence-corrected chi connectivity index (χ1v) is 8.30. The molecular formula is C18H18BrFN2O2. The number of rotatable bonds is 6. The fourth-order valence-corrected chi connectivity index (χ4v) is 2.65. The van der Waals surface area contributed by atoms with Crippen molar-refractivity contribution in [3.8, 4) is 0 Å². The first-order chi connectivity index (χ1) is 11.5. The first kappa shape index (κ1) is 18.1. The molecule has 126 valence electrons. The molecule has 2 aromatic carbocycles. The molecular weight excluding hydrogens is 375 g/mol. The lowest BCUT2D eigenvalue weighted by atomic mass is 10.1. The van der Waals surface area contributed by atoms with Crippen molar-refractivity contribution in [2.45, 2.75) is 13.3 Å². The number of amides is 2. The summed E-state index contributed by atoms with van der Waals surface area (Å²) in [7, 11) is 0. The summed E-state index contributed by atoms with van der Waals surface area (Å²) in [5.41, 5.74) is 1.19. The molecule has 0 unspecified atom stereocenters. The van der Waals surface area contributed by atoms with Gasteiger partial charge in [0, 0.05) is 23.6 Å². The highest BCUT2D eigenvalue weighted by Gasteiger charge is 2.15. The zero-order valence-corrected chi connectivity index (χ0v) is 14.8. The van der Waals surface area contributed by atoms with Crippen molar-refractivity contribution >= 4 is 33.4 Å². The number of hydrogen-bond acceptors (Lipinski definition) is 2. The Morgan fingerprint density at radius 2 is 1.92 bits per heavy atom. The lowest BCUT2D eigenvalue weighted by Gasteiger charge is -2.21. The van der Waals surface area contributed by atoms with Crippen molar-refractivity contribution in [1.29, 1.82) is 0 Å². The molecule has 0 radical (unpaired) electrons. The molecule has 6 heteroatoms. The van der Waals surface area contributed by atoms with Crippen molar-refractivity contribution in [3.63, 3.8) is 0 Å². The smallest absolute Gasteiger partial charge is 0.240 e. The summed E-state index contributed by atoms with van der Waals surface area (Å²) in [4.78, 5) is 25.3. The third-order valence-electron chi connectivity index (χ3n) is 3.48. The van der Waals surface area contributed by atoms with Gasteiger partial charge < -0.3 is 10.2 Å². The van der Waals surface area contributed by atoms with E-state index < -0.39 is 0 Å². The Kier molecular flexibility index (Phi) is 6.49. The van der Waals surface area contributed by atoms with Gasteiger partial charge in [0.15, 0.2) is 0 Å². The minimum atomic E-state index is -0.290. The Hall–Kier alpha value is -2.21. The predicted octanol–water partition coefficient (Wildman–Crippen LogP) is 3.30. The van der Waals surface area contributed by atoms with Crippen LogP contribution >= 0.6 is 15.9 Å². The van der Waals surface area contributed by atoms with Gasteiger partial charge in [0.25, 0.3) is 0 Å². The van der Waals surface area contributed by atoms with E-state index in [1.807, 2.05) is 6.07 Å². The van der Waals surface area contributed by atoms with Gasteiger partial charge in [-0.1, -0.05) is 40.2 Å². The highest BCUT2D eigenvalue weighted by Crippen LogP contribution is 2.19. The van der Waals surface area contributed by atoms with Gasteiger partial charge in [0.2, 0.25) is 11.8 Å². The standard InChI is InChI=1S/C18H18BrFN2O2/c1-13(23)22(16-7-4-6-15(19)11-16)12-18(24)21-10-9-14-5-2-3-8-17(14)20/h2-8,11H,9-10,12H2,1H3,(H,21,24). The molecule has 0 saturated carbocycles. The number of halogens is 2. The third kappa shape index (κ3) is 5.16. The van der Waals surface area contributed by atoms with E-state index >= 15 is 0 Å². The highest BCUT2D eigenvalue weighted by molar-refractivity contribution is 9.10. The van der Waals surface area contributed by atoms with Gasteiger partial charge >= 0.3 is 0 Å². The van der Waals surface area contributed by atoms with Crippen molar-refractivity contribution in [2.24, 2.45) is 0 Å². The number of carbonyl (C=O) groups is 2. The van der Waals surface area contributed by atoms with E-state index in [9.17, 15) is 14.0 Å². The van der Waals surface area contributed by atoms with Gasteiger partial charge in [0.05, 0.1) is 0 Å². The lowest BCUT2D eigenvalue weighted by Crippen LogP contribution is -2.40. The van der Waals surface area contributed by atoms with Crippen LogP contribution in [0.25, 0.3) is 0 Å². The fraction of sp³-hybridized carbons (Fsp3) is 0.222. The van der Waals surface area contributed by atoms with E-state index in [0.717, 1.165) is 4.47 Å². The molecule has 1 N–H and O–H groups in total. The summed E-state index contributed by atoms with van der Waals surface area (Å²) in [6.07, 6.45) is 0.398. The number of benzene rings is 2. The van der Waals surface area contributed by atoms with Crippen molar-refractivity contribution in [1.82, 2.24) is 5.32 Å². The topological polar surface area (TPSA) is 49.4 Å². The summed E-state index contributed by atoms with van der Waals surface area (Å²) < 4.78 is 14.3. The SMILES string of the molecule is CC(=O)N(CC(=O)NCCc1ccccc1F)c1cccc(Br)c1. The molecule has 4 nitrogen and oxygen atoms in total. The van der Waals surface area contributed by atoms with Crippen LogP contribution in [0.4, 0.5) is 10.1 Å². The maximum absolute atomic E-state index is 13.5. The van der Waals surface area contributed by atoms with Gasteiger partial charge in [-0.15, -0.1) is 0 Å². The Labute approximate surface area is 148 Å². The monoisotopic (exact) mass is 392 g/mol. The second kappa shape index (κ2) is 8.59. The molecule has 0 aliphatic carbocycles. The molecule has 0 spiro atoms. The maximum Gasteiger partial charge on any atom is 0.240 e. The molecule has 0 bridgehead atoms. The van der Waals surface area contributed by atoms with Crippen molar-refractivity contribution in [3.05, 3.63) is 64.4 Å². The Balaban J connectivity index is 1.92. The molecule has 24 heavy (non-hydrogen) atoms. The van der Waals surface area contributed by atoms with E-state index in [4.69, 9.17) is 0 Å². The minimum absolute atomic E-state index is 0.0803. The molecule has 2 aromatic rings. The van der Waals surface area contributed by atoms with Crippen LogP contribution in [-0.2, 0) is 16.0 Å². The second-order valence-corrected chi connectivity index (χ2v) is 6.19. The molecule has 0 aromatic heterocycles. The summed E-state index contributed by atoms with van der Waals surface area (Å²) in [6, 6.07) is 13.6. The van der Waals surface area contributed by atoms with Crippen LogP contribution in [0.5, 0.6) is 0 Å². The average molecular weight is 393 g/mol. The Bertz CT molecular complexity index is 736. The summed E-state index contributed by atoms with van der Waals surface area (Å²) >= 11 is 3.35. The zero-order valence-electron chi connectivity index (χ0n) is 13.3. The van der Waals surface area contributed by atoms with Gasteiger partial charge in [-0.05, 0) is 36.2 Å². The van der Waals surface area contributed by atoms with Gasteiger partial charge in [0.1, 0.15) is 12.4 Å². The summed E-state index contributed by atoms with van der Waals surface area (Å²) in [5.74, 6) is -0.801. The lowest BCUT2D eigenvalue weighted by molar-refractivity contribution is -0.123. The van der Waals surface area contributed by atoms with Gasteiger partial charge in [-0.25, -0.2) is 4.39 Å². The minimum Gasteiger partial charge on any atom is -0.354 e. The number of carbonyl (C=O) groups excluding carboxylic acids is 2. The van der Waals surface area contributed by atoms with Crippen LogP contribution in [0.2, 0.25) is 0 Å². The predicted molar refractivity (Wildman–Crippen MR) is 95.3 cm³/mol. The highest BCUT2D eigenvalue weighted by atomic mass is 79.9. The molecule has 2 amide bonds.